The van der Waals surface area contributed by atoms with E-state index in [-0.39, 0.29) is 17.9 Å². The monoisotopic (exact) mass is 238 g/mol. The second kappa shape index (κ2) is 4.51. The summed E-state index contributed by atoms with van der Waals surface area (Å²) >= 11 is 0. The summed E-state index contributed by atoms with van der Waals surface area (Å²) in [5.74, 6) is -0.855. The molecule has 2 aliphatic carbocycles. The predicted molar refractivity (Wildman–Crippen MR) is 61.1 cm³/mol. The molecular formula is C13H18O4. The lowest BCUT2D eigenvalue weighted by Gasteiger charge is -2.29. The molecular weight excluding hydrogens is 220 g/mol. The van der Waals surface area contributed by atoms with Crippen molar-refractivity contribution in [2.24, 2.45) is 11.3 Å². The van der Waals surface area contributed by atoms with Gasteiger partial charge in [-0.2, -0.15) is 0 Å². The number of rotatable bonds is 4. The lowest BCUT2D eigenvalue weighted by atomic mass is 9.75. The Morgan fingerprint density at radius 2 is 2.06 bits per heavy atom. The molecule has 2 rings (SSSR count). The summed E-state index contributed by atoms with van der Waals surface area (Å²) in [7, 11) is 0. The lowest BCUT2D eigenvalue weighted by molar-refractivity contribution is -0.167. The first-order chi connectivity index (χ1) is 8.14. The summed E-state index contributed by atoms with van der Waals surface area (Å²) in [4.78, 5) is 24.0. The third-order valence-corrected chi connectivity index (χ3v) is 3.68. The van der Waals surface area contributed by atoms with E-state index in [1.54, 1.807) is 13.8 Å². The van der Waals surface area contributed by atoms with Crippen LogP contribution in [0.3, 0.4) is 0 Å². The van der Waals surface area contributed by atoms with Gasteiger partial charge in [0.05, 0.1) is 24.5 Å². The smallest absolute Gasteiger partial charge is 0.313 e. The number of allylic oxidation sites excluding steroid dienone is 2. The zero-order chi connectivity index (χ0) is 12.5. The molecule has 0 spiro atoms. The van der Waals surface area contributed by atoms with E-state index in [1.165, 1.54) is 5.57 Å². The Bertz CT molecular complexity index is 372. The highest BCUT2D eigenvalue weighted by Crippen LogP contribution is 2.55. The van der Waals surface area contributed by atoms with Crippen molar-refractivity contribution in [3.05, 3.63) is 11.6 Å². The molecule has 0 aromatic carbocycles. The van der Waals surface area contributed by atoms with Crippen molar-refractivity contribution < 1.29 is 19.1 Å². The molecule has 17 heavy (non-hydrogen) atoms. The maximum absolute atomic E-state index is 12.1. The first kappa shape index (κ1) is 12.1. The van der Waals surface area contributed by atoms with E-state index >= 15 is 0 Å². The minimum Gasteiger partial charge on any atom is -0.466 e. The van der Waals surface area contributed by atoms with E-state index < -0.39 is 5.41 Å². The van der Waals surface area contributed by atoms with Crippen LogP contribution < -0.4 is 0 Å². The normalized spacial score (nSPS) is 30.0. The van der Waals surface area contributed by atoms with Crippen molar-refractivity contribution >= 4 is 11.9 Å². The second-order valence-electron chi connectivity index (χ2n) is 4.63. The van der Waals surface area contributed by atoms with Gasteiger partial charge in [-0.25, -0.2) is 0 Å². The number of hydrogen-bond donors (Lipinski definition) is 0. The molecule has 0 N–H and O–H groups in total. The predicted octanol–water partition coefficient (Wildman–Crippen LogP) is 1.84. The van der Waals surface area contributed by atoms with Crippen molar-refractivity contribution in [2.45, 2.75) is 33.1 Å². The van der Waals surface area contributed by atoms with Crippen molar-refractivity contribution in [2.75, 3.05) is 13.2 Å². The van der Waals surface area contributed by atoms with Crippen LogP contribution in [-0.2, 0) is 19.1 Å². The van der Waals surface area contributed by atoms with E-state index in [0.29, 0.717) is 32.5 Å². The number of carbonyl (C=O) groups is 2. The third kappa shape index (κ3) is 1.85. The fourth-order valence-electron chi connectivity index (χ4n) is 2.88. The summed E-state index contributed by atoms with van der Waals surface area (Å²) in [6.45, 7) is 4.27. The van der Waals surface area contributed by atoms with Gasteiger partial charge in [-0.1, -0.05) is 11.6 Å². The van der Waals surface area contributed by atoms with Gasteiger partial charge in [-0.15, -0.1) is 0 Å². The van der Waals surface area contributed by atoms with Crippen LogP contribution in [0.1, 0.15) is 33.1 Å². The third-order valence-electron chi connectivity index (χ3n) is 3.68. The van der Waals surface area contributed by atoms with Crippen molar-refractivity contribution in [3.63, 3.8) is 0 Å². The summed E-state index contributed by atoms with van der Waals surface area (Å²) in [5, 5.41) is 0. The topological polar surface area (TPSA) is 52.6 Å². The standard InChI is InChI=1S/C13H18O4/c1-3-16-11(14)10-7-9-5-6-13(10,8-9)12(15)17-4-2/h5,10H,3-4,6-8H2,1-2H3. The van der Waals surface area contributed by atoms with Crippen molar-refractivity contribution in [1.29, 1.82) is 0 Å². The first-order valence-electron chi connectivity index (χ1n) is 6.15. The van der Waals surface area contributed by atoms with Gasteiger partial charge in [0.25, 0.3) is 0 Å². The lowest BCUT2D eigenvalue weighted by Crippen LogP contribution is -2.40. The quantitative estimate of drug-likeness (QED) is 0.554. The molecule has 2 aliphatic rings. The second-order valence-corrected chi connectivity index (χ2v) is 4.63. The Balaban J connectivity index is 2.19. The fourth-order valence-corrected chi connectivity index (χ4v) is 2.88. The average molecular weight is 238 g/mol. The Kier molecular flexibility index (Phi) is 3.22. The van der Waals surface area contributed by atoms with Crippen LogP contribution in [0.5, 0.6) is 0 Å². The Labute approximate surface area is 101 Å². The molecule has 0 heterocycles. The largest absolute Gasteiger partial charge is 0.466 e. The first-order valence-corrected chi connectivity index (χ1v) is 6.15. The van der Waals surface area contributed by atoms with Gasteiger partial charge in [0.15, 0.2) is 0 Å². The molecule has 2 unspecified atom stereocenters. The average Bonchev–Trinajstić information content (AvgIpc) is 2.88. The minimum absolute atomic E-state index is 0.248. The molecule has 2 bridgehead atoms. The van der Waals surface area contributed by atoms with Crippen LogP contribution in [0, 0.1) is 11.3 Å². The summed E-state index contributed by atoms with van der Waals surface area (Å²) < 4.78 is 10.2. The van der Waals surface area contributed by atoms with Gasteiger partial charge < -0.3 is 9.47 Å². The molecule has 0 saturated heterocycles. The Morgan fingerprint density at radius 3 is 2.65 bits per heavy atom. The van der Waals surface area contributed by atoms with E-state index in [1.807, 2.05) is 0 Å². The highest BCUT2D eigenvalue weighted by molar-refractivity contribution is 5.88. The van der Waals surface area contributed by atoms with Gasteiger partial charge in [0.1, 0.15) is 0 Å². The van der Waals surface area contributed by atoms with Crippen LogP contribution in [0.25, 0.3) is 0 Å². The van der Waals surface area contributed by atoms with Crippen LogP contribution in [0.2, 0.25) is 0 Å². The molecule has 1 fully saturated rings. The molecule has 1 saturated carbocycles. The van der Waals surface area contributed by atoms with Gasteiger partial charge in [-0.05, 0) is 33.1 Å². The number of ether oxygens (including phenoxy) is 2. The number of carbonyl (C=O) groups excluding carboxylic acids is 2. The number of esters is 2. The summed E-state index contributed by atoms with van der Waals surface area (Å²) in [6.07, 6.45) is 3.99. The molecule has 94 valence electrons. The van der Waals surface area contributed by atoms with Crippen LogP contribution in [0.15, 0.2) is 11.6 Å². The zero-order valence-electron chi connectivity index (χ0n) is 10.3. The van der Waals surface area contributed by atoms with Gasteiger partial charge >= 0.3 is 11.9 Å². The zero-order valence-corrected chi connectivity index (χ0v) is 10.3. The maximum atomic E-state index is 12.1. The van der Waals surface area contributed by atoms with Gasteiger partial charge in [0, 0.05) is 0 Å². The van der Waals surface area contributed by atoms with Crippen LogP contribution in [0.4, 0.5) is 0 Å². The number of fused-ring (bicyclic) bond motifs is 2. The summed E-state index contributed by atoms with van der Waals surface area (Å²) in [5.41, 5.74) is 0.522. The van der Waals surface area contributed by atoms with E-state index in [2.05, 4.69) is 6.08 Å². The van der Waals surface area contributed by atoms with Crippen LogP contribution in [-0.4, -0.2) is 25.2 Å². The van der Waals surface area contributed by atoms with Gasteiger partial charge in [0.2, 0.25) is 0 Å². The van der Waals surface area contributed by atoms with E-state index in [4.69, 9.17) is 9.47 Å². The van der Waals surface area contributed by atoms with Gasteiger partial charge in [-0.3, -0.25) is 9.59 Å². The van der Waals surface area contributed by atoms with Crippen LogP contribution >= 0.6 is 0 Å². The molecule has 4 heteroatoms. The molecule has 0 radical (unpaired) electrons. The molecule has 0 aliphatic heterocycles. The van der Waals surface area contributed by atoms with E-state index in [9.17, 15) is 9.59 Å². The van der Waals surface area contributed by atoms with E-state index in [0.717, 1.165) is 0 Å². The summed E-state index contributed by atoms with van der Waals surface area (Å²) in [6, 6.07) is 0. The fraction of sp³-hybridized carbons (Fsp3) is 0.692. The molecule has 0 aromatic rings. The van der Waals surface area contributed by atoms with Crippen molar-refractivity contribution in [3.8, 4) is 0 Å². The van der Waals surface area contributed by atoms with Crippen molar-refractivity contribution in [1.82, 2.24) is 0 Å². The Hall–Kier alpha value is -1.32. The number of hydrogen-bond acceptors (Lipinski definition) is 4. The highest BCUT2D eigenvalue weighted by atomic mass is 16.5. The SMILES string of the molecule is CCOC(=O)C1CC2=CCC1(C(=O)OCC)C2. The Morgan fingerprint density at radius 1 is 1.35 bits per heavy atom. The maximum Gasteiger partial charge on any atom is 0.313 e. The molecule has 4 nitrogen and oxygen atoms in total. The minimum atomic E-state index is -0.669. The highest BCUT2D eigenvalue weighted by Gasteiger charge is 2.57. The molecule has 2 atom stereocenters. The molecule has 0 aromatic heterocycles. The molecule has 0 amide bonds.